The van der Waals surface area contributed by atoms with Crippen LogP contribution in [0, 0.1) is 0 Å². The summed E-state index contributed by atoms with van der Waals surface area (Å²) in [6.07, 6.45) is 4.75. The molecule has 18 heavy (non-hydrogen) atoms. The summed E-state index contributed by atoms with van der Waals surface area (Å²) in [6.45, 7) is 1.06. The molecule has 0 radical (unpaired) electrons. The lowest BCUT2D eigenvalue weighted by atomic mass is 10.1. The molecule has 100 valence electrons. The summed E-state index contributed by atoms with van der Waals surface area (Å²) >= 11 is 0. The first-order valence-corrected chi connectivity index (χ1v) is 6.79. The molecular weight excluding hydrogens is 224 g/mol. The minimum atomic E-state index is 0.361. The van der Waals surface area contributed by atoms with Crippen molar-refractivity contribution < 1.29 is 4.74 Å². The average Bonchev–Trinajstić information content (AvgIpc) is 2.82. The van der Waals surface area contributed by atoms with Crippen LogP contribution >= 0.6 is 0 Å². The van der Waals surface area contributed by atoms with E-state index in [1.54, 1.807) is 7.11 Å². The Morgan fingerprint density at radius 1 is 1.39 bits per heavy atom. The maximum absolute atomic E-state index is 6.13. The maximum Gasteiger partial charge on any atom is 0.119 e. The van der Waals surface area contributed by atoms with Gasteiger partial charge < -0.3 is 15.4 Å². The van der Waals surface area contributed by atoms with Gasteiger partial charge in [0.2, 0.25) is 0 Å². The van der Waals surface area contributed by atoms with Gasteiger partial charge in [0.15, 0.2) is 0 Å². The van der Waals surface area contributed by atoms with Crippen molar-refractivity contribution >= 4 is 0 Å². The highest BCUT2D eigenvalue weighted by Gasteiger charge is 2.26. The Bertz CT molecular complexity index is 381. The van der Waals surface area contributed by atoms with Gasteiger partial charge in [0.25, 0.3) is 0 Å². The lowest BCUT2D eigenvalue weighted by Crippen LogP contribution is -2.42. The Morgan fingerprint density at radius 3 is 2.89 bits per heavy atom. The van der Waals surface area contributed by atoms with Gasteiger partial charge in [-0.25, -0.2) is 0 Å². The van der Waals surface area contributed by atoms with E-state index in [1.807, 2.05) is 6.07 Å². The van der Waals surface area contributed by atoms with Crippen molar-refractivity contribution in [2.24, 2.45) is 5.73 Å². The van der Waals surface area contributed by atoms with Crippen molar-refractivity contribution in [3.05, 3.63) is 29.8 Å². The Labute approximate surface area is 110 Å². The summed E-state index contributed by atoms with van der Waals surface area (Å²) in [5.41, 5.74) is 7.46. The second-order valence-electron chi connectivity index (χ2n) is 5.24. The van der Waals surface area contributed by atoms with Gasteiger partial charge >= 0.3 is 0 Å². The fourth-order valence-electron chi connectivity index (χ4n) is 2.82. The van der Waals surface area contributed by atoms with Crippen molar-refractivity contribution in [3.63, 3.8) is 0 Å². The highest BCUT2D eigenvalue weighted by atomic mass is 16.5. The molecule has 1 aromatic carbocycles. The van der Waals surface area contributed by atoms with Crippen molar-refractivity contribution in [2.75, 3.05) is 20.7 Å². The Kier molecular flexibility index (Phi) is 4.61. The van der Waals surface area contributed by atoms with E-state index in [-0.39, 0.29) is 0 Å². The molecular formula is C15H24N2O. The quantitative estimate of drug-likeness (QED) is 0.866. The van der Waals surface area contributed by atoms with Crippen molar-refractivity contribution in [3.8, 4) is 5.75 Å². The predicted octanol–water partition coefficient (Wildman–Crippen LogP) is 2.05. The number of rotatable bonds is 5. The van der Waals surface area contributed by atoms with E-state index in [2.05, 4.69) is 30.1 Å². The zero-order valence-corrected chi connectivity index (χ0v) is 11.4. The molecule has 2 unspecified atom stereocenters. The molecule has 2 rings (SSSR count). The van der Waals surface area contributed by atoms with Crippen LogP contribution in [0.15, 0.2) is 24.3 Å². The van der Waals surface area contributed by atoms with Gasteiger partial charge in [0, 0.05) is 18.6 Å². The smallest absolute Gasteiger partial charge is 0.119 e. The summed E-state index contributed by atoms with van der Waals surface area (Å²) in [6, 6.07) is 9.24. The number of likely N-dealkylation sites (N-methyl/N-ethyl adjacent to an activating group) is 1. The molecule has 0 bridgehead atoms. The van der Waals surface area contributed by atoms with E-state index >= 15 is 0 Å². The zero-order valence-electron chi connectivity index (χ0n) is 11.4. The van der Waals surface area contributed by atoms with E-state index in [0.29, 0.717) is 12.1 Å². The summed E-state index contributed by atoms with van der Waals surface area (Å²) in [5.74, 6) is 0.938. The lowest BCUT2D eigenvalue weighted by molar-refractivity contribution is 0.231. The highest BCUT2D eigenvalue weighted by Crippen LogP contribution is 2.22. The van der Waals surface area contributed by atoms with Gasteiger partial charge in [-0.05, 0) is 44.0 Å². The molecule has 0 saturated heterocycles. The van der Waals surface area contributed by atoms with Crippen LogP contribution in [0.1, 0.15) is 24.8 Å². The van der Waals surface area contributed by atoms with Crippen LogP contribution in [-0.4, -0.2) is 37.7 Å². The fraction of sp³-hybridized carbons (Fsp3) is 0.600. The first kappa shape index (κ1) is 13.4. The number of methoxy groups -OCH3 is 1. The van der Waals surface area contributed by atoms with Gasteiger partial charge in [-0.2, -0.15) is 0 Å². The van der Waals surface area contributed by atoms with Crippen molar-refractivity contribution in [2.45, 2.75) is 37.8 Å². The minimum absolute atomic E-state index is 0.361. The molecule has 1 aliphatic rings. The zero-order chi connectivity index (χ0) is 13.0. The normalized spacial score (nSPS) is 23.6. The fourth-order valence-corrected chi connectivity index (χ4v) is 2.82. The summed E-state index contributed by atoms with van der Waals surface area (Å²) in [5, 5.41) is 0. The standard InChI is InChI=1S/C15H24N2O/c1-17(15-8-4-7-14(15)16)10-9-12-5-3-6-13(11-12)18-2/h3,5-6,11,14-15H,4,7-10,16H2,1-2H3. The average molecular weight is 248 g/mol. The molecule has 0 heterocycles. The summed E-state index contributed by atoms with van der Waals surface area (Å²) in [4.78, 5) is 2.41. The molecule has 0 amide bonds. The molecule has 3 heteroatoms. The van der Waals surface area contributed by atoms with Crippen molar-refractivity contribution in [1.82, 2.24) is 4.90 Å². The molecule has 0 spiro atoms. The maximum atomic E-state index is 6.13. The molecule has 1 aromatic rings. The third-order valence-corrected chi connectivity index (χ3v) is 3.99. The molecule has 2 N–H and O–H groups in total. The summed E-state index contributed by atoms with van der Waals surface area (Å²) < 4.78 is 5.24. The van der Waals surface area contributed by atoms with E-state index in [9.17, 15) is 0 Å². The molecule has 0 aromatic heterocycles. The molecule has 1 aliphatic carbocycles. The third-order valence-electron chi connectivity index (χ3n) is 3.99. The van der Waals surface area contributed by atoms with Crippen LogP contribution in [0.3, 0.4) is 0 Å². The van der Waals surface area contributed by atoms with Gasteiger partial charge in [0.1, 0.15) is 5.75 Å². The van der Waals surface area contributed by atoms with E-state index < -0.39 is 0 Å². The molecule has 0 aliphatic heterocycles. The van der Waals surface area contributed by atoms with Gasteiger partial charge in [-0.3, -0.25) is 0 Å². The van der Waals surface area contributed by atoms with Crippen LogP contribution in [0.2, 0.25) is 0 Å². The number of nitrogens with zero attached hydrogens (tertiary/aromatic N) is 1. The van der Waals surface area contributed by atoms with Gasteiger partial charge in [-0.1, -0.05) is 18.6 Å². The summed E-state index contributed by atoms with van der Waals surface area (Å²) in [7, 11) is 3.90. The second kappa shape index (κ2) is 6.21. The number of ether oxygens (including phenoxy) is 1. The largest absolute Gasteiger partial charge is 0.497 e. The number of hydrogen-bond acceptors (Lipinski definition) is 3. The monoisotopic (exact) mass is 248 g/mol. The predicted molar refractivity (Wildman–Crippen MR) is 74.9 cm³/mol. The lowest BCUT2D eigenvalue weighted by Gasteiger charge is -2.27. The Morgan fingerprint density at radius 2 is 2.22 bits per heavy atom. The van der Waals surface area contributed by atoms with Crippen molar-refractivity contribution in [1.29, 1.82) is 0 Å². The minimum Gasteiger partial charge on any atom is -0.497 e. The molecule has 1 saturated carbocycles. The first-order chi connectivity index (χ1) is 8.70. The molecule has 3 nitrogen and oxygen atoms in total. The second-order valence-corrected chi connectivity index (χ2v) is 5.24. The Balaban J connectivity index is 1.86. The number of hydrogen-bond donors (Lipinski definition) is 1. The van der Waals surface area contributed by atoms with E-state index in [1.165, 1.54) is 24.8 Å². The van der Waals surface area contributed by atoms with Crippen LogP contribution in [-0.2, 0) is 6.42 Å². The van der Waals surface area contributed by atoms with E-state index in [0.717, 1.165) is 18.7 Å². The van der Waals surface area contributed by atoms with Crippen LogP contribution in [0.4, 0.5) is 0 Å². The first-order valence-electron chi connectivity index (χ1n) is 6.79. The van der Waals surface area contributed by atoms with E-state index in [4.69, 9.17) is 10.5 Å². The van der Waals surface area contributed by atoms with Crippen LogP contribution in [0.25, 0.3) is 0 Å². The molecule has 2 atom stereocenters. The van der Waals surface area contributed by atoms with Crippen LogP contribution < -0.4 is 10.5 Å². The molecule has 1 fully saturated rings. The Hall–Kier alpha value is -1.06. The third kappa shape index (κ3) is 3.24. The van der Waals surface area contributed by atoms with Gasteiger partial charge in [0.05, 0.1) is 7.11 Å². The topological polar surface area (TPSA) is 38.5 Å². The number of nitrogens with two attached hydrogens (primary N) is 1. The highest BCUT2D eigenvalue weighted by molar-refractivity contribution is 5.28. The van der Waals surface area contributed by atoms with Gasteiger partial charge in [-0.15, -0.1) is 0 Å². The SMILES string of the molecule is COc1cccc(CCN(C)C2CCCC2N)c1. The van der Waals surface area contributed by atoms with Crippen LogP contribution in [0.5, 0.6) is 5.75 Å². The number of benzene rings is 1.